The van der Waals surface area contributed by atoms with Gasteiger partial charge in [0.1, 0.15) is 5.82 Å². The number of amides is 1. The molecule has 0 radical (unpaired) electrons. The summed E-state index contributed by atoms with van der Waals surface area (Å²) in [5.41, 5.74) is 8.35. The zero-order chi connectivity index (χ0) is 20.3. The molecule has 146 valence electrons. The van der Waals surface area contributed by atoms with Crippen LogP contribution in [-0.2, 0) is 16.6 Å². The second kappa shape index (κ2) is 7.80. The number of ketones is 1. The number of nitrogens with one attached hydrogen (secondary N) is 1. The maximum Gasteiger partial charge on any atom is 0.219 e. The van der Waals surface area contributed by atoms with Gasteiger partial charge in [-0.25, -0.2) is 4.98 Å². The fourth-order valence-electron chi connectivity index (χ4n) is 2.92. The van der Waals surface area contributed by atoms with E-state index in [2.05, 4.69) is 36.2 Å². The van der Waals surface area contributed by atoms with Gasteiger partial charge in [0.05, 0.1) is 18.3 Å². The predicted octanol–water partition coefficient (Wildman–Crippen LogP) is 2.74. The highest BCUT2D eigenvalue weighted by atomic mass is 16.1. The average molecular weight is 379 g/mol. The minimum absolute atomic E-state index is 0.0000829. The van der Waals surface area contributed by atoms with Crippen molar-refractivity contribution >= 4 is 23.2 Å². The average Bonchev–Trinajstić information content (AvgIpc) is 3.09. The number of nitrogens with zero attached hydrogens (tertiary/aromatic N) is 3. The van der Waals surface area contributed by atoms with Gasteiger partial charge in [-0.15, -0.1) is 0 Å². The van der Waals surface area contributed by atoms with Crippen LogP contribution >= 0.6 is 0 Å². The SMILES string of the molecule is CC(C)(C)c1ccc(C(=O)Cc2cc(NCCC(N)=O)n3nccc3n2)cc1. The van der Waals surface area contributed by atoms with E-state index in [1.54, 1.807) is 22.8 Å². The first kappa shape index (κ1) is 19.5. The number of nitrogens with two attached hydrogens (primary N) is 1. The van der Waals surface area contributed by atoms with E-state index in [4.69, 9.17) is 5.73 Å². The van der Waals surface area contributed by atoms with Crippen LogP contribution in [0.2, 0.25) is 0 Å². The Labute approximate surface area is 164 Å². The summed E-state index contributed by atoms with van der Waals surface area (Å²) in [7, 11) is 0. The maximum absolute atomic E-state index is 12.7. The Morgan fingerprint density at radius 2 is 1.86 bits per heavy atom. The molecule has 0 unspecified atom stereocenters. The van der Waals surface area contributed by atoms with Crippen LogP contribution in [-0.4, -0.2) is 32.8 Å². The van der Waals surface area contributed by atoms with Crippen LogP contribution < -0.4 is 11.1 Å². The van der Waals surface area contributed by atoms with Gasteiger partial charge in [0.15, 0.2) is 11.4 Å². The summed E-state index contributed by atoms with van der Waals surface area (Å²) < 4.78 is 1.63. The highest BCUT2D eigenvalue weighted by Gasteiger charge is 2.15. The maximum atomic E-state index is 12.7. The van der Waals surface area contributed by atoms with E-state index in [9.17, 15) is 9.59 Å². The van der Waals surface area contributed by atoms with Crippen LogP contribution in [0.25, 0.3) is 5.65 Å². The molecule has 28 heavy (non-hydrogen) atoms. The second-order valence-electron chi connectivity index (χ2n) is 7.80. The topological polar surface area (TPSA) is 102 Å². The highest BCUT2D eigenvalue weighted by Crippen LogP contribution is 2.22. The van der Waals surface area contributed by atoms with Gasteiger partial charge in [0.25, 0.3) is 0 Å². The largest absolute Gasteiger partial charge is 0.370 e. The Kier molecular flexibility index (Phi) is 5.44. The van der Waals surface area contributed by atoms with Crippen LogP contribution in [0.15, 0.2) is 42.6 Å². The Morgan fingerprint density at radius 3 is 2.50 bits per heavy atom. The fourth-order valence-corrected chi connectivity index (χ4v) is 2.92. The van der Waals surface area contributed by atoms with Gasteiger partial charge in [-0.2, -0.15) is 9.61 Å². The number of rotatable bonds is 7. The van der Waals surface area contributed by atoms with Gasteiger partial charge in [-0.1, -0.05) is 45.0 Å². The number of carbonyl (C=O) groups is 2. The predicted molar refractivity (Wildman–Crippen MR) is 108 cm³/mol. The van der Waals surface area contributed by atoms with Crippen molar-refractivity contribution in [2.24, 2.45) is 5.73 Å². The molecular formula is C21H25N5O2. The van der Waals surface area contributed by atoms with Gasteiger partial charge in [-0.3, -0.25) is 9.59 Å². The van der Waals surface area contributed by atoms with E-state index < -0.39 is 0 Å². The summed E-state index contributed by atoms with van der Waals surface area (Å²) in [6.45, 7) is 6.81. The molecule has 0 fully saturated rings. The lowest BCUT2D eigenvalue weighted by molar-refractivity contribution is -0.117. The Bertz CT molecular complexity index is 1000. The third-order valence-corrected chi connectivity index (χ3v) is 4.50. The molecule has 2 aromatic heterocycles. The molecule has 0 bridgehead atoms. The first-order valence-corrected chi connectivity index (χ1v) is 9.23. The molecule has 7 heteroatoms. The highest BCUT2D eigenvalue weighted by molar-refractivity contribution is 5.97. The molecule has 3 N–H and O–H groups in total. The molecule has 3 rings (SSSR count). The lowest BCUT2D eigenvalue weighted by Crippen LogP contribution is -2.17. The van der Waals surface area contributed by atoms with Crippen LogP contribution in [0, 0.1) is 0 Å². The Balaban J connectivity index is 1.79. The molecule has 0 spiro atoms. The van der Waals surface area contributed by atoms with E-state index >= 15 is 0 Å². The summed E-state index contributed by atoms with van der Waals surface area (Å²) in [5.74, 6) is 0.286. The second-order valence-corrected chi connectivity index (χ2v) is 7.80. The molecular weight excluding hydrogens is 354 g/mol. The molecule has 0 atom stereocenters. The fraction of sp³-hybridized carbons (Fsp3) is 0.333. The van der Waals surface area contributed by atoms with Gasteiger partial charge >= 0.3 is 0 Å². The minimum atomic E-state index is -0.382. The number of carbonyl (C=O) groups excluding carboxylic acids is 2. The van der Waals surface area contributed by atoms with Crippen molar-refractivity contribution in [3.8, 4) is 0 Å². The number of aromatic nitrogens is 3. The van der Waals surface area contributed by atoms with Crippen molar-refractivity contribution < 1.29 is 9.59 Å². The van der Waals surface area contributed by atoms with E-state index in [1.165, 1.54) is 5.56 Å². The van der Waals surface area contributed by atoms with Gasteiger partial charge < -0.3 is 11.1 Å². The molecule has 2 heterocycles. The van der Waals surface area contributed by atoms with E-state index in [1.807, 2.05) is 24.3 Å². The zero-order valence-corrected chi connectivity index (χ0v) is 16.4. The molecule has 0 aliphatic heterocycles. The van der Waals surface area contributed by atoms with Crippen molar-refractivity contribution in [1.29, 1.82) is 0 Å². The third-order valence-electron chi connectivity index (χ3n) is 4.50. The van der Waals surface area contributed by atoms with E-state index in [0.29, 0.717) is 29.3 Å². The molecule has 0 aliphatic carbocycles. The van der Waals surface area contributed by atoms with Crippen LogP contribution in [0.5, 0.6) is 0 Å². The molecule has 0 saturated heterocycles. The lowest BCUT2D eigenvalue weighted by Gasteiger charge is -2.19. The summed E-state index contributed by atoms with van der Waals surface area (Å²) in [6.07, 6.45) is 2.03. The number of anilines is 1. The van der Waals surface area contributed by atoms with Crippen molar-refractivity contribution in [2.75, 3.05) is 11.9 Å². The molecule has 1 amide bonds. The first-order chi connectivity index (χ1) is 13.2. The molecule has 3 aromatic rings. The normalized spacial score (nSPS) is 11.5. The van der Waals surface area contributed by atoms with E-state index in [-0.39, 0.29) is 29.9 Å². The quantitative estimate of drug-likeness (QED) is 0.615. The summed E-state index contributed by atoms with van der Waals surface area (Å²) in [5, 5.41) is 7.35. The summed E-state index contributed by atoms with van der Waals surface area (Å²) in [4.78, 5) is 28.2. The number of primary amides is 1. The van der Waals surface area contributed by atoms with Gasteiger partial charge in [-0.05, 0) is 11.0 Å². The Morgan fingerprint density at radius 1 is 1.14 bits per heavy atom. The zero-order valence-electron chi connectivity index (χ0n) is 16.4. The first-order valence-electron chi connectivity index (χ1n) is 9.23. The van der Waals surface area contributed by atoms with Gasteiger partial charge in [0.2, 0.25) is 5.91 Å². The smallest absolute Gasteiger partial charge is 0.219 e. The van der Waals surface area contributed by atoms with Crippen LogP contribution in [0.1, 0.15) is 48.8 Å². The molecule has 0 saturated carbocycles. The molecule has 1 aromatic carbocycles. The lowest BCUT2D eigenvalue weighted by atomic mass is 9.86. The number of fused-ring (bicyclic) bond motifs is 1. The number of hydrogen-bond donors (Lipinski definition) is 2. The minimum Gasteiger partial charge on any atom is -0.370 e. The summed E-state index contributed by atoms with van der Waals surface area (Å²) >= 11 is 0. The van der Waals surface area contributed by atoms with Crippen molar-refractivity contribution in [1.82, 2.24) is 14.6 Å². The van der Waals surface area contributed by atoms with Crippen molar-refractivity contribution in [2.45, 2.75) is 39.0 Å². The van der Waals surface area contributed by atoms with Crippen molar-refractivity contribution in [3.05, 3.63) is 59.4 Å². The van der Waals surface area contributed by atoms with Gasteiger partial charge in [0, 0.05) is 30.7 Å². The molecule has 0 aliphatic rings. The van der Waals surface area contributed by atoms with Crippen LogP contribution in [0.4, 0.5) is 5.82 Å². The van der Waals surface area contributed by atoms with E-state index in [0.717, 1.165) is 0 Å². The number of Topliss-reactive ketones (excluding diaryl/α,β-unsaturated/α-hetero) is 1. The third kappa shape index (κ3) is 4.54. The summed E-state index contributed by atoms with van der Waals surface area (Å²) in [6, 6.07) is 11.3. The standard InChI is InChI=1S/C21H25N5O2/c1-21(2,3)15-6-4-14(5-7-15)17(27)12-16-13-20(23-10-8-18(22)28)26-19(25-16)9-11-24-26/h4-7,9,11,13,23H,8,10,12H2,1-3H3,(H2,22,28). The van der Waals surface area contributed by atoms with Crippen LogP contribution in [0.3, 0.4) is 0 Å². The number of benzene rings is 1. The number of hydrogen-bond acceptors (Lipinski definition) is 5. The monoisotopic (exact) mass is 379 g/mol. The molecule has 7 nitrogen and oxygen atoms in total. The van der Waals surface area contributed by atoms with Crippen molar-refractivity contribution in [3.63, 3.8) is 0 Å². The Hall–Kier alpha value is -3.22.